The molecular weight excluding hydrogens is 212 g/mol. The highest BCUT2D eigenvalue weighted by molar-refractivity contribution is 5.97. The summed E-state index contributed by atoms with van der Waals surface area (Å²) in [5, 5.41) is 8.90. The lowest BCUT2D eigenvalue weighted by Crippen LogP contribution is -2.07. The molecule has 0 spiro atoms. The van der Waals surface area contributed by atoms with Gasteiger partial charge in [0.25, 0.3) is 0 Å². The Morgan fingerprint density at radius 1 is 1.44 bits per heavy atom. The van der Waals surface area contributed by atoms with Crippen molar-refractivity contribution in [2.24, 2.45) is 0 Å². The van der Waals surface area contributed by atoms with Gasteiger partial charge in [-0.05, 0) is 17.7 Å². The number of hydrogen-bond donors (Lipinski definition) is 1. The van der Waals surface area contributed by atoms with Crippen LogP contribution in [0.3, 0.4) is 0 Å². The summed E-state index contributed by atoms with van der Waals surface area (Å²) in [5.41, 5.74) is 0.986. The highest BCUT2D eigenvalue weighted by Gasteiger charge is 2.24. The molecule has 1 aliphatic rings. The molecule has 0 atom stereocenters. The summed E-state index contributed by atoms with van der Waals surface area (Å²) in [5.74, 6) is -1.21. The highest BCUT2D eigenvalue weighted by atomic mass is 16.5. The summed E-state index contributed by atoms with van der Waals surface area (Å²) >= 11 is 0. The van der Waals surface area contributed by atoms with Gasteiger partial charge in [0.05, 0.1) is 19.3 Å². The van der Waals surface area contributed by atoms with Gasteiger partial charge >= 0.3 is 11.9 Å². The Morgan fingerprint density at radius 3 is 2.81 bits per heavy atom. The first-order valence-electron chi connectivity index (χ1n) is 4.75. The van der Waals surface area contributed by atoms with E-state index in [1.165, 1.54) is 19.2 Å². The number of rotatable bonds is 2. The van der Waals surface area contributed by atoms with E-state index >= 15 is 0 Å². The quantitative estimate of drug-likeness (QED) is 0.758. The Hall–Kier alpha value is -2.04. The summed E-state index contributed by atoms with van der Waals surface area (Å²) in [6.45, 7) is 0.461. The summed E-state index contributed by atoms with van der Waals surface area (Å²) in [7, 11) is 1.25. The Kier molecular flexibility index (Phi) is 2.52. The van der Waals surface area contributed by atoms with Crippen LogP contribution in [0.4, 0.5) is 0 Å². The maximum atomic E-state index is 11.5. The molecule has 1 N–H and O–H groups in total. The average Bonchev–Trinajstić information content (AvgIpc) is 2.74. The number of methoxy groups -OCH3 is 1. The molecule has 5 nitrogen and oxygen atoms in total. The second-order valence-electron chi connectivity index (χ2n) is 3.41. The third kappa shape index (κ3) is 1.60. The van der Waals surface area contributed by atoms with Crippen molar-refractivity contribution >= 4 is 11.9 Å². The van der Waals surface area contributed by atoms with Crippen LogP contribution in [0.15, 0.2) is 12.1 Å². The maximum absolute atomic E-state index is 11.5. The molecule has 0 fully saturated rings. The van der Waals surface area contributed by atoms with Crippen molar-refractivity contribution in [3.05, 3.63) is 28.8 Å². The zero-order chi connectivity index (χ0) is 11.7. The number of fused-ring (bicyclic) bond motifs is 1. The van der Waals surface area contributed by atoms with E-state index < -0.39 is 11.9 Å². The van der Waals surface area contributed by atoms with Gasteiger partial charge in [-0.3, -0.25) is 0 Å². The molecule has 0 bridgehead atoms. The van der Waals surface area contributed by atoms with Gasteiger partial charge in [0.1, 0.15) is 11.3 Å². The van der Waals surface area contributed by atoms with Crippen molar-refractivity contribution < 1.29 is 24.2 Å². The van der Waals surface area contributed by atoms with Crippen molar-refractivity contribution in [1.82, 2.24) is 0 Å². The summed E-state index contributed by atoms with van der Waals surface area (Å²) in [4.78, 5) is 22.3. The first-order valence-corrected chi connectivity index (χ1v) is 4.75. The van der Waals surface area contributed by atoms with E-state index in [9.17, 15) is 9.59 Å². The molecule has 0 aromatic heterocycles. The molecule has 1 heterocycles. The molecule has 0 saturated heterocycles. The fourth-order valence-corrected chi connectivity index (χ4v) is 1.69. The summed E-state index contributed by atoms with van der Waals surface area (Å²) in [6.07, 6.45) is 0.612. The van der Waals surface area contributed by atoms with Crippen molar-refractivity contribution in [2.45, 2.75) is 6.42 Å². The van der Waals surface area contributed by atoms with E-state index in [1.54, 1.807) is 0 Å². The van der Waals surface area contributed by atoms with Crippen LogP contribution >= 0.6 is 0 Å². The molecule has 0 amide bonds. The van der Waals surface area contributed by atoms with E-state index in [0.29, 0.717) is 18.8 Å². The van der Waals surface area contributed by atoms with Crippen molar-refractivity contribution in [1.29, 1.82) is 0 Å². The monoisotopic (exact) mass is 222 g/mol. The number of benzene rings is 1. The molecule has 1 aromatic carbocycles. The lowest BCUT2D eigenvalue weighted by atomic mass is 10.0. The van der Waals surface area contributed by atoms with Gasteiger partial charge in [-0.15, -0.1) is 0 Å². The average molecular weight is 222 g/mol. The predicted molar refractivity (Wildman–Crippen MR) is 53.9 cm³/mol. The Balaban J connectivity index is 2.58. The number of carboxylic acids is 1. The Labute approximate surface area is 91.6 Å². The predicted octanol–water partition coefficient (Wildman–Crippen LogP) is 1.11. The molecular formula is C11H10O5. The third-order valence-corrected chi connectivity index (χ3v) is 2.44. The molecule has 1 aromatic rings. The van der Waals surface area contributed by atoms with E-state index in [1.807, 2.05) is 0 Å². The van der Waals surface area contributed by atoms with E-state index in [2.05, 4.69) is 4.74 Å². The highest BCUT2D eigenvalue weighted by Crippen LogP contribution is 2.31. The molecule has 5 heteroatoms. The molecule has 0 radical (unpaired) electrons. The topological polar surface area (TPSA) is 72.8 Å². The lowest BCUT2D eigenvalue weighted by Gasteiger charge is -2.07. The van der Waals surface area contributed by atoms with Crippen LogP contribution in [0.1, 0.15) is 26.3 Å². The fraction of sp³-hybridized carbons (Fsp3) is 0.273. The van der Waals surface area contributed by atoms with Crippen LogP contribution in [-0.2, 0) is 11.2 Å². The number of carbonyl (C=O) groups excluding carboxylic acids is 1. The van der Waals surface area contributed by atoms with Crippen molar-refractivity contribution in [3.8, 4) is 5.75 Å². The fourth-order valence-electron chi connectivity index (χ4n) is 1.69. The minimum atomic E-state index is -1.07. The van der Waals surface area contributed by atoms with Crippen LogP contribution in [0, 0.1) is 0 Å². The SMILES string of the molecule is COC(=O)c1cc(C(=O)O)cc2c1OCC2. The second kappa shape index (κ2) is 3.84. The number of hydrogen-bond acceptors (Lipinski definition) is 4. The molecule has 16 heavy (non-hydrogen) atoms. The van der Waals surface area contributed by atoms with Crippen LogP contribution in [-0.4, -0.2) is 30.8 Å². The minimum Gasteiger partial charge on any atom is -0.492 e. The largest absolute Gasteiger partial charge is 0.492 e. The molecule has 0 aliphatic carbocycles. The van der Waals surface area contributed by atoms with Gasteiger partial charge in [0, 0.05) is 6.42 Å². The van der Waals surface area contributed by atoms with E-state index in [-0.39, 0.29) is 11.1 Å². The number of carbonyl (C=O) groups is 2. The molecule has 0 saturated carbocycles. The molecule has 2 rings (SSSR count). The zero-order valence-corrected chi connectivity index (χ0v) is 8.65. The van der Waals surface area contributed by atoms with Crippen LogP contribution < -0.4 is 4.74 Å². The molecule has 84 valence electrons. The van der Waals surface area contributed by atoms with Crippen LogP contribution in [0.2, 0.25) is 0 Å². The van der Waals surface area contributed by atoms with Crippen LogP contribution in [0.5, 0.6) is 5.75 Å². The second-order valence-corrected chi connectivity index (χ2v) is 3.41. The van der Waals surface area contributed by atoms with E-state index in [4.69, 9.17) is 9.84 Å². The first-order chi connectivity index (χ1) is 7.63. The summed E-state index contributed by atoms with van der Waals surface area (Å²) < 4.78 is 9.88. The van der Waals surface area contributed by atoms with Gasteiger partial charge < -0.3 is 14.6 Å². The van der Waals surface area contributed by atoms with Gasteiger partial charge in [0.15, 0.2) is 0 Å². The minimum absolute atomic E-state index is 0.0738. The zero-order valence-electron chi connectivity index (χ0n) is 8.65. The Bertz CT molecular complexity index is 464. The number of carboxylic acid groups (broad SMARTS) is 1. The Morgan fingerprint density at radius 2 is 2.19 bits per heavy atom. The van der Waals surface area contributed by atoms with Gasteiger partial charge in [-0.1, -0.05) is 0 Å². The van der Waals surface area contributed by atoms with E-state index in [0.717, 1.165) is 5.56 Å². The van der Waals surface area contributed by atoms with Crippen LogP contribution in [0.25, 0.3) is 0 Å². The number of aromatic carboxylic acids is 1. The van der Waals surface area contributed by atoms with Crippen molar-refractivity contribution in [2.75, 3.05) is 13.7 Å². The van der Waals surface area contributed by atoms with Crippen molar-refractivity contribution in [3.63, 3.8) is 0 Å². The maximum Gasteiger partial charge on any atom is 0.341 e. The number of ether oxygens (including phenoxy) is 2. The first kappa shape index (κ1) is 10.5. The van der Waals surface area contributed by atoms with Gasteiger partial charge in [-0.25, -0.2) is 9.59 Å². The molecule has 0 unspecified atom stereocenters. The normalized spacial score (nSPS) is 12.8. The van der Waals surface area contributed by atoms with Gasteiger partial charge in [-0.2, -0.15) is 0 Å². The smallest absolute Gasteiger partial charge is 0.341 e. The lowest BCUT2D eigenvalue weighted by molar-refractivity contribution is 0.0597. The molecule has 1 aliphatic heterocycles. The summed E-state index contributed by atoms with van der Waals surface area (Å²) in [6, 6.07) is 2.80. The number of esters is 1. The standard InChI is InChI=1S/C11H10O5/c1-15-11(14)8-5-7(10(12)13)4-6-2-3-16-9(6)8/h4-5H,2-3H2,1H3,(H,12,13). The third-order valence-electron chi connectivity index (χ3n) is 2.44. The van der Waals surface area contributed by atoms with Gasteiger partial charge in [0.2, 0.25) is 0 Å².